The zero-order valence-corrected chi connectivity index (χ0v) is 19.3. The third-order valence-corrected chi connectivity index (χ3v) is 9.01. The van der Waals surface area contributed by atoms with Crippen LogP contribution in [0, 0.1) is 5.92 Å². The van der Waals surface area contributed by atoms with Crippen LogP contribution in [0.2, 0.25) is 0 Å². The molecule has 0 radical (unpaired) electrons. The summed E-state index contributed by atoms with van der Waals surface area (Å²) in [6.45, 7) is 3.25. The lowest BCUT2D eigenvalue weighted by molar-refractivity contribution is -0.137. The molecular weight excluding hydrogens is 469 g/mol. The number of halogens is 3. The summed E-state index contributed by atoms with van der Waals surface area (Å²) in [7, 11) is -4.14. The number of sulfone groups is 1. The second-order valence-electron chi connectivity index (χ2n) is 8.72. The van der Waals surface area contributed by atoms with Crippen LogP contribution in [0.5, 0.6) is 0 Å². The minimum Gasteiger partial charge on any atom is -0.312 e. The number of hydrogen-bond acceptors (Lipinski definition) is 5. The molecule has 0 saturated carbocycles. The average molecular weight is 493 g/mol. The van der Waals surface area contributed by atoms with Crippen molar-refractivity contribution < 1.29 is 26.4 Å². The van der Waals surface area contributed by atoms with Crippen LogP contribution in [-0.4, -0.2) is 40.4 Å². The predicted octanol–water partition coefficient (Wildman–Crippen LogP) is 4.28. The van der Waals surface area contributed by atoms with Crippen LogP contribution in [0.4, 0.5) is 18.9 Å². The van der Waals surface area contributed by atoms with Gasteiger partial charge in [-0.25, -0.2) is 18.1 Å². The van der Waals surface area contributed by atoms with Gasteiger partial charge in [0.05, 0.1) is 20.9 Å². The first kappa shape index (κ1) is 23.9. The number of anilines is 1. The molecule has 7 nitrogen and oxygen atoms in total. The third kappa shape index (κ3) is 4.31. The van der Waals surface area contributed by atoms with Crippen LogP contribution >= 0.6 is 0 Å². The Kier molecular flexibility index (Phi) is 6.01. The van der Waals surface area contributed by atoms with E-state index in [1.165, 1.54) is 26.2 Å². The van der Waals surface area contributed by atoms with Gasteiger partial charge >= 0.3 is 6.18 Å². The molecule has 2 heterocycles. The van der Waals surface area contributed by atoms with Gasteiger partial charge in [0, 0.05) is 18.7 Å². The molecule has 1 fully saturated rings. The Bertz CT molecular complexity index is 1290. The van der Waals surface area contributed by atoms with Gasteiger partial charge < -0.3 is 4.90 Å². The van der Waals surface area contributed by atoms with Crippen LogP contribution < -0.4 is 4.90 Å². The molecule has 2 aromatic carbocycles. The molecule has 1 aliphatic rings. The molecule has 180 valence electrons. The van der Waals surface area contributed by atoms with E-state index in [9.17, 15) is 26.4 Å². The maximum Gasteiger partial charge on any atom is 0.416 e. The lowest BCUT2D eigenvalue weighted by atomic mass is 9.85. The Hall–Kier alpha value is -3.21. The first-order valence-corrected chi connectivity index (χ1v) is 12.1. The van der Waals surface area contributed by atoms with Gasteiger partial charge in [-0.1, -0.05) is 6.07 Å². The molecule has 4 rings (SSSR count). The Morgan fingerprint density at radius 2 is 1.71 bits per heavy atom. The van der Waals surface area contributed by atoms with Crippen molar-refractivity contribution in [3.05, 3.63) is 66.7 Å². The second-order valence-corrected chi connectivity index (χ2v) is 11.3. The van der Waals surface area contributed by atoms with Gasteiger partial charge in [-0.15, -0.1) is 0 Å². The minimum absolute atomic E-state index is 0.0317. The molecule has 1 saturated heterocycles. The maximum absolute atomic E-state index is 13.3. The molecule has 1 amide bonds. The van der Waals surface area contributed by atoms with Crippen molar-refractivity contribution in [2.45, 2.75) is 42.5 Å². The first-order valence-electron chi connectivity index (χ1n) is 10.6. The number of carbonyl (C=O) groups is 1. The Morgan fingerprint density at radius 1 is 1.03 bits per heavy atom. The highest BCUT2D eigenvalue weighted by Crippen LogP contribution is 2.40. The van der Waals surface area contributed by atoms with Crippen LogP contribution in [0.15, 0.2) is 66.1 Å². The summed E-state index contributed by atoms with van der Waals surface area (Å²) in [5.41, 5.74) is 0.423. The summed E-state index contributed by atoms with van der Waals surface area (Å²) >= 11 is 0. The molecule has 1 aromatic heterocycles. The topological polar surface area (TPSA) is 85.2 Å². The van der Waals surface area contributed by atoms with E-state index >= 15 is 0 Å². The number of nitrogens with zero attached hydrogens (tertiary/aromatic N) is 4. The van der Waals surface area contributed by atoms with E-state index in [1.54, 1.807) is 40.2 Å². The van der Waals surface area contributed by atoms with E-state index in [2.05, 4.69) is 10.1 Å². The quantitative estimate of drug-likeness (QED) is 0.531. The lowest BCUT2D eigenvalue weighted by Crippen LogP contribution is -2.48. The van der Waals surface area contributed by atoms with Crippen LogP contribution in [0.1, 0.15) is 32.3 Å². The summed E-state index contributed by atoms with van der Waals surface area (Å²) < 4.78 is 66.2. The second kappa shape index (κ2) is 8.53. The smallest absolute Gasteiger partial charge is 0.312 e. The SMILES string of the molecule is CC(C)([C@H]1CCN(c2ccc(-n3cncn3)cc2)C(=O)C1)S(=O)(=O)c1cccc(C(F)(F)F)c1. The van der Waals surface area contributed by atoms with Gasteiger partial charge in [0.1, 0.15) is 12.7 Å². The number of rotatable bonds is 5. The lowest BCUT2D eigenvalue weighted by Gasteiger charge is -2.39. The zero-order chi connectivity index (χ0) is 24.7. The van der Waals surface area contributed by atoms with E-state index in [1.807, 2.05) is 0 Å². The van der Waals surface area contributed by atoms with Gasteiger partial charge in [-0.3, -0.25) is 4.79 Å². The van der Waals surface area contributed by atoms with E-state index in [0.717, 1.165) is 17.8 Å². The van der Waals surface area contributed by atoms with Crippen LogP contribution in [0.3, 0.4) is 0 Å². The third-order valence-electron chi connectivity index (χ3n) is 6.42. The van der Waals surface area contributed by atoms with E-state index in [-0.39, 0.29) is 12.3 Å². The highest BCUT2D eigenvalue weighted by molar-refractivity contribution is 7.92. The van der Waals surface area contributed by atoms with E-state index < -0.39 is 37.1 Å². The fraction of sp³-hybridized carbons (Fsp3) is 0.348. The monoisotopic (exact) mass is 492 g/mol. The summed E-state index contributed by atoms with van der Waals surface area (Å²) in [6, 6.07) is 10.9. The summed E-state index contributed by atoms with van der Waals surface area (Å²) in [6.07, 6.45) is -1.33. The molecule has 1 atom stereocenters. The van der Waals surface area contributed by atoms with Crippen molar-refractivity contribution in [2.75, 3.05) is 11.4 Å². The molecular formula is C23H23F3N4O3S. The Labute approximate surface area is 195 Å². The van der Waals surface area contributed by atoms with Gasteiger partial charge in [0.25, 0.3) is 0 Å². The minimum atomic E-state index is -4.65. The number of carbonyl (C=O) groups excluding carboxylic acids is 1. The van der Waals surface area contributed by atoms with Crippen molar-refractivity contribution in [3.63, 3.8) is 0 Å². The van der Waals surface area contributed by atoms with Crippen molar-refractivity contribution in [2.24, 2.45) is 5.92 Å². The normalized spacial score (nSPS) is 17.7. The van der Waals surface area contributed by atoms with Crippen molar-refractivity contribution in [1.29, 1.82) is 0 Å². The van der Waals surface area contributed by atoms with Gasteiger partial charge in [-0.2, -0.15) is 18.3 Å². The fourth-order valence-corrected chi connectivity index (χ4v) is 5.98. The number of aromatic nitrogens is 3. The fourth-order valence-electron chi connectivity index (χ4n) is 4.19. The largest absolute Gasteiger partial charge is 0.416 e. The molecule has 11 heteroatoms. The summed E-state index contributed by atoms with van der Waals surface area (Å²) in [5, 5.41) is 4.05. The number of hydrogen-bond donors (Lipinski definition) is 0. The van der Waals surface area contributed by atoms with Crippen molar-refractivity contribution in [3.8, 4) is 5.69 Å². The predicted molar refractivity (Wildman–Crippen MR) is 119 cm³/mol. The van der Waals surface area contributed by atoms with E-state index in [0.29, 0.717) is 24.7 Å². The molecule has 1 aliphatic heterocycles. The highest BCUT2D eigenvalue weighted by atomic mass is 32.2. The summed E-state index contributed by atoms with van der Waals surface area (Å²) in [4.78, 5) is 18.1. The standard InChI is InChI=1S/C23H23F3N4O3S/c1-22(2,34(32,33)20-5-3-4-17(12-20)23(24,25)26)16-10-11-29(21(31)13-16)18-6-8-19(9-7-18)30-15-27-14-28-30/h3-9,12,14-16H,10-11,13H2,1-2H3/t16-/m0/s1. The highest BCUT2D eigenvalue weighted by Gasteiger charge is 2.46. The summed E-state index contributed by atoms with van der Waals surface area (Å²) in [5.74, 6) is -0.790. The van der Waals surface area contributed by atoms with Crippen LogP contribution in [0.25, 0.3) is 5.69 Å². The number of piperidine rings is 1. The average Bonchev–Trinajstić information content (AvgIpc) is 3.33. The number of amides is 1. The number of alkyl halides is 3. The molecule has 34 heavy (non-hydrogen) atoms. The zero-order valence-electron chi connectivity index (χ0n) is 18.5. The molecule has 0 unspecified atom stereocenters. The molecule has 0 spiro atoms. The molecule has 0 aliphatic carbocycles. The first-order chi connectivity index (χ1) is 15.9. The van der Waals surface area contributed by atoms with Gasteiger partial charge in [0.15, 0.2) is 9.84 Å². The number of benzene rings is 2. The maximum atomic E-state index is 13.3. The van der Waals surface area contributed by atoms with Crippen LogP contribution in [-0.2, 0) is 20.8 Å². The van der Waals surface area contributed by atoms with Crippen molar-refractivity contribution >= 4 is 21.4 Å². The van der Waals surface area contributed by atoms with Gasteiger partial charge in [0.2, 0.25) is 5.91 Å². The molecule has 0 N–H and O–H groups in total. The van der Waals surface area contributed by atoms with Crippen molar-refractivity contribution in [1.82, 2.24) is 14.8 Å². The molecule has 0 bridgehead atoms. The Balaban J connectivity index is 1.52. The van der Waals surface area contributed by atoms with E-state index in [4.69, 9.17) is 0 Å². The Morgan fingerprint density at radius 3 is 2.29 bits per heavy atom. The molecule has 3 aromatic rings. The van der Waals surface area contributed by atoms with Gasteiger partial charge in [-0.05, 0) is 68.7 Å².